The third-order valence-corrected chi connectivity index (χ3v) is 2.48. The van der Waals surface area contributed by atoms with Gasteiger partial charge in [0.1, 0.15) is 5.75 Å². The van der Waals surface area contributed by atoms with Gasteiger partial charge in [-0.15, -0.1) is 0 Å². The van der Waals surface area contributed by atoms with Crippen LogP contribution in [0.4, 0.5) is 0 Å². The zero-order valence-corrected chi connectivity index (χ0v) is 6.77. The summed E-state index contributed by atoms with van der Waals surface area (Å²) in [5.41, 5.74) is 1.22. The van der Waals surface area contributed by atoms with Crippen molar-refractivity contribution < 1.29 is 10.2 Å². The second-order valence-corrected chi connectivity index (χ2v) is 3.41. The molecular formula is C10H12O2. The fourth-order valence-corrected chi connectivity index (χ4v) is 1.61. The number of aromatic hydroxyl groups is 1. The summed E-state index contributed by atoms with van der Waals surface area (Å²) in [6.07, 6.45) is 1.62. The van der Waals surface area contributed by atoms with Crippen LogP contribution in [0.5, 0.6) is 5.75 Å². The van der Waals surface area contributed by atoms with Crippen molar-refractivity contribution in [3.05, 3.63) is 29.8 Å². The van der Waals surface area contributed by atoms with Crippen LogP contribution in [0.3, 0.4) is 0 Å². The molecule has 2 rings (SSSR count). The van der Waals surface area contributed by atoms with E-state index in [9.17, 15) is 0 Å². The summed E-state index contributed by atoms with van der Waals surface area (Å²) in [5, 5.41) is 18.1. The van der Waals surface area contributed by atoms with Gasteiger partial charge in [-0.3, -0.25) is 0 Å². The Labute approximate surface area is 71.5 Å². The van der Waals surface area contributed by atoms with Crippen molar-refractivity contribution in [3.63, 3.8) is 0 Å². The maximum Gasteiger partial charge on any atom is 0.115 e. The van der Waals surface area contributed by atoms with Crippen molar-refractivity contribution in [2.45, 2.75) is 24.9 Å². The smallest absolute Gasteiger partial charge is 0.115 e. The minimum Gasteiger partial charge on any atom is -0.508 e. The monoisotopic (exact) mass is 164 g/mol. The molecule has 1 fully saturated rings. The Morgan fingerprint density at radius 1 is 1.08 bits per heavy atom. The third kappa shape index (κ3) is 1.30. The Morgan fingerprint density at radius 2 is 1.67 bits per heavy atom. The van der Waals surface area contributed by atoms with Crippen molar-refractivity contribution in [1.82, 2.24) is 0 Å². The molecule has 0 unspecified atom stereocenters. The summed E-state index contributed by atoms with van der Waals surface area (Å²) in [7, 11) is 0. The van der Waals surface area contributed by atoms with Gasteiger partial charge in [-0.2, -0.15) is 0 Å². The lowest BCUT2D eigenvalue weighted by Gasteiger charge is -2.31. The quantitative estimate of drug-likeness (QED) is 0.662. The minimum atomic E-state index is -0.108. The topological polar surface area (TPSA) is 40.5 Å². The van der Waals surface area contributed by atoms with Crippen LogP contribution < -0.4 is 0 Å². The van der Waals surface area contributed by atoms with Crippen LogP contribution in [-0.2, 0) is 0 Å². The molecule has 0 radical (unpaired) electrons. The number of benzene rings is 1. The SMILES string of the molecule is Oc1ccc([C@H]2C[C@H](O)C2)cc1. The predicted octanol–water partition coefficient (Wildman–Crippen LogP) is 1.63. The van der Waals surface area contributed by atoms with Crippen molar-refractivity contribution in [2.24, 2.45) is 0 Å². The summed E-state index contributed by atoms with van der Waals surface area (Å²) in [5.74, 6) is 0.805. The van der Waals surface area contributed by atoms with Gasteiger partial charge in [0.15, 0.2) is 0 Å². The first-order valence-corrected chi connectivity index (χ1v) is 4.22. The van der Waals surface area contributed by atoms with Gasteiger partial charge in [0.2, 0.25) is 0 Å². The van der Waals surface area contributed by atoms with Crippen LogP contribution in [0.25, 0.3) is 0 Å². The van der Waals surface area contributed by atoms with Gasteiger partial charge in [0.05, 0.1) is 6.10 Å². The van der Waals surface area contributed by atoms with Crippen molar-refractivity contribution >= 4 is 0 Å². The molecule has 0 saturated heterocycles. The van der Waals surface area contributed by atoms with Gasteiger partial charge in [-0.05, 0) is 36.5 Å². The Hall–Kier alpha value is -1.02. The van der Waals surface area contributed by atoms with E-state index < -0.39 is 0 Å². The highest BCUT2D eigenvalue weighted by Crippen LogP contribution is 2.36. The Kier molecular flexibility index (Phi) is 1.77. The lowest BCUT2D eigenvalue weighted by Crippen LogP contribution is -2.26. The average Bonchev–Trinajstić information content (AvgIpc) is 2.01. The van der Waals surface area contributed by atoms with Crippen LogP contribution in [0.2, 0.25) is 0 Å². The molecule has 2 N–H and O–H groups in total. The van der Waals surface area contributed by atoms with Crippen LogP contribution in [-0.4, -0.2) is 16.3 Å². The molecule has 1 aromatic rings. The number of hydrogen-bond acceptors (Lipinski definition) is 2. The predicted molar refractivity (Wildman–Crippen MR) is 46.1 cm³/mol. The fraction of sp³-hybridized carbons (Fsp3) is 0.400. The van der Waals surface area contributed by atoms with E-state index in [1.807, 2.05) is 12.1 Å². The van der Waals surface area contributed by atoms with Gasteiger partial charge in [0, 0.05) is 0 Å². The maximum atomic E-state index is 9.08. The highest BCUT2D eigenvalue weighted by atomic mass is 16.3. The molecule has 0 aliphatic heterocycles. The van der Waals surface area contributed by atoms with Gasteiger partial charge >= 0.3 is 0 Å². The lowest BCUT2D eigenvalue weighted by molar-refractivity contribution is 0.0746. The third-order valence-electron chi connectivity index (χ3n) is 2.48. The zero-order chi connectivity index (χ0) is 8.55. The molecule has 1 aliphatic rings. The molecule has 1 saturated carbocycles. The first kappa shape index (κ1) is 7.62. The summed E-state index contributed by atoms with van der Waals surface area (Å²) in [6, 6.07) is 7.23. The summed E-state index contributed by atoms with van der Waals surface area (Å²) < 4.78 is 0. The summed E-state index contributed by atoms with van der Waals surface area (Å²) >= 11 is 0. The number of hydrogen-bond donors (Lipinski definition) is 2. The number of aliphatic hydroxyl groups excluding tert-OH is 1. The Balaban J connectivity index is 2.09. The molecule has 64 valence electrons. The molecule has 0 atom stereocenters. The van der Waals surface area contributed by atoms with E-state index in [2.05, 4.69) is 0 Å². The molecule has 2 nitrogen and oxygen atoms in total. The first-order chi connectivity index (χ1) is 5.75. The Bertz CT molecular complexity index is 260. The van der Waals surface area contributed by atoms with Gasteiger partial charge in [-0.25, -0.2) is 0 Å². The molecule has 0 spiro atoms. The van der Waals surface area contributed by atoms with E-state index in [0.29, 0.717) is 11.7 Å². The molecule has 2 heteroatoms. The molecule has 0 aromatic heterocycles. The standard InChI is InChI=1S/C10H12O2/c11-9-3-1-7(2-4-9)8-5-10(12)6-8/h1-4,8,10-12H,5-6H2/t8-,10-. The van der Waals surface area contributed by atoms with Crippen LogP contribution in [0, 0.1) is 0 Å². The van der Waals surface area contributed by atoms with E-state index in [-0.39, 0.29) is 6.10 Å². The van der Waals surface area contributed by atoms with Gasteiger partial charge in [0.25, 0.3) is 0 Å². The van der Waals surface area contributed by atoms with E-state index in [1.54, 1.807) is 12.1 Å². The zero-order valence-electron chi connectivity index (χ0n) is 6.77. The Morgan fingerprint density at radius 3 is 2.17 bits per heavy atom. The first-order valence-electron chi connectivity index (χ1n) is 4.22. The van der Waals surface area contributed by atoms with Crippen LogP contribution >= 0.6 is 0 Å². The van der Waals surface area contributed by atoms with E-state index in [4.69, 9.17) is 10.2 Å². The van der Waals surface area contributed by atoms with Crippen molar-refractivity contribution in [3.8, 4) is 5.75 Å². The molecule has 1 aliphatic carbocycles. The molecule has 0 amide bonds. The van der Waals surface area contributed by atoms with E-state index in [0.717, 1.165) is 12.8 Å². The van der Waals surface area contributed by atoms with Crippen LogP contribution in [0.1, 0.15) is 24.3 Å². The van der Waals surface area contributed by atoms with Crippen molar-refractivity contribution in [1.29, 1.82) is 0 Å². The van der Waals surface area contributed by atoms with Gasteiger partial charge < -0.3 is 10.2 Å². The summed E-state index contributed by atoms with van der Waals surface area (Å²) in [6.45, 7) is 0. The molecule has 0 bridgehead atoms. The number of rotatable bonds is 1. The molecule has 1 aromatic carbocycles. The van der Waals surface area contributed by atoms with Gasteiger partial charge in [-0.1, -0.05) is 12.1 Å². The normalized spacial score (nSPS) is 28.1. The maximum absolute atomic E-state index is 9.08. The highest BCUT2D eigenvalue weighted by molar-refractivity contribution is 5.29. The average molecular weight is 164 g/mol. The van der Waals surface area contributed by atoms with Crippen LogP contribution in [0.15, 0.2) is 24.3 Å². The molecular weight excluding hydrogens is 152 g/mol. The largest absolute Gasteiger partial charge is 0.508 e. The summed E-state index contributed by atoms with van der Waals surface area (Å²) in [4.78, 5) is 0. The molecule has 12 heavy (non-hydrogen) atoms. The molecule has 0 heterocycles. The fourth-order valence-electron chi connectivity index (χ4n) is 1.61. The number of aliphatic hydroxyl groups is 1. The van der Waals surface area contributed by atoms with E-state index in [1.165, 1.54) is 5.56 Å². The highest BCUT2D eigenvalue weighted by Gasteiger charge is 2.28. The number of phenols is 1. The second kappa shape index (κ2) is 2.79. The lowest BCUT2D eigenvalue weighted by atomic mass is 9.78. The number of phenolic OH excluding ortho intramolecular Hbond substituents is 1. The van der Waals surface area contributed by atoms with E-state index >= 15 is 0 Å². The minimum absolute atomic E-state index is 0.108. The van der Waals surface area contributed by atoms with Crippen molar-refractivity contribution in [2.75, 3.05) is 0 Å². The second-order valence-electron chi connectivity index (χ2n) is 3.41.